The number of nitrogens with one attached hydrogen (secondary N) is 1. The number of carbonyl (C=O) groups excluding carboxylic acids is 1. The molecule has 1 aromatic carbocycles. The lowest BCUT2D eigenvalue weighted by Crippen LogP contribution is -2.45. The zero-order valence-corrected chi connectivity index (χ0v) is 12.3. The van der Waals surface area contributed by atoms with Crippen LogP contribution in [0.5, 0.6) is 5.75 Å². The molecule has 5 nitrogen and oxygen atoms in total. The van der Waals surface area contributed by atoms with E-state index in [9.17, 15) is 9.59 Å². The first-order valence-corrected chi connectivity index (χ1v) is 6.68. The maximum Gasteiger partial charge on any atom is 0.326 e. The lowest BCUT2D eigenvalue weighted by atomic mass is 10.2. The molecule has 0 saturated carbocycles. The van der Waals surface area contributed by atoms with Gasteiger partial charge in [0.2, 0.25) is 0 Å². The zero-order chi connectivity index (χ0) is 14.4. The summed E-state index contributed by atoms with van der Waals surface area (Å²) in [7, 11) is 0. The van der Waals surface area contributed by atoms with E-state index in [-0.39, 0.29) is 0 Å². The van der Waals surface area contributed by atoms with Gasteiger partial charge in [-0.05, 0) is 37.6 Å². The average Bonchev–Trinajstić information content (AvgIpc) is 2.37. The molecule has 0 bridgehead atoms. The molecule has 1 rings (SSSR count). The number of amides is 1. The Labute approximate surface area is 120 Å². The van der Waals surface area contributed by atoms with Crippen molar-refractivity contribution >= 4 is 27.8 Å². The van der Waals surface area contributed by atoms with E-state index >= 15 is 0 Å². The van der Waals surface area contributed by atoms with Gasteiger partial charge in [-0.15, -0.1) is 0 Å². The van der Waals surface area contributed by atoms with Gasteiger partial charge in [-0.25, -0.2) is 4.79 Å². The van der Waals surface area contributed by atoms with Gasteiger partial charge in [0.25, 0.3) is 5.91 Å². The van der Waals surface area contributed by atoms with Gasteiger partial charge in [0.05, 0.1) is 0 Å². The van der Waals surface area contributed by atoms with E-state index in [1.807, 2.05) is 0 Å². The zero-order valence-electron chi connectivity index (χ0n) is 10.7. The van der Waals surface area contributed by atoms with E-state index < -0.39 is 24.0 Å². The van der Waals surface area contributed by atoms with Gasteiger partial charge in [-0.3, -0.25) is 4.79 Å². The van der Waals surface area contributed by atoms with Crippen LogP contribution < -0.4 is 10.1 Å². The number of ether oxygens (including phenoxy) is 1. The Morgan fingerprint density at radius 1 is 1.37 bits per heavy atom. The number of hydrogen-bond donors (Lipinski definition) is 2. The first kappa shape index (κ1) is 15.5. The summed E-state index contributed by atoms with van der Waals surface area (Å²) in [5, 5.41) is 11.3. The Morgan fingerprint density at radius 3 is 2.42 bits per heavy atom. The summed E-state index contributed by atoms with van der Waals surface area (Å²) >= 11 is 3.30. The summed E-state index contributed by atoms with van der Waals surface area (Å²) in [6.07, 6.45) is -0.430. The average molecular weight is 330 g/mol. The summed E-state index contributed by atoms with van der Waals surface area (Å²) in [5.74, 6) is -0.946. The standard InChI is InChI=1S/C13H16BrNO4/c1-3-11(13(17)18)15-12(16)8(2)19-10-6-4-9(14)5-7-10/h4-8,11H,3H2,1-2H3,(H,15,16)(H,17,18)/t8?,11-/m0/s1. The summed E-state index contributed by atoms with van der Waals surface area (Å²) in [6, 6.07) is 6.16. The monoisotopic (exact) mass is 329 g/mol. The summed E-state index contributed by atoms with van der Waals surface area (Å²) in [6.45, 7) is 3.27. The van der Waals surface area contributed by atoms with Crippen molar-refractivity contribution in [1.29, 1.82) is 0 Å². The van der Waals surface area contributed by atoms with Crippen LogP contribution in [0.2, 0.25) is 0 Å². The Balaban J connectivity index is 2.57. The van der Waals surface area contributed by atoms with Gasteiger partial charge in [0.15, 0.2) is 6.10 Å². The predicted molar refractivity (Wildman–Crippen MR) is 74.1 cm³/mol. The molecule has 0 aliphatic carbocycles. The van der Waals surface area contributed by atoms with Gasteiger partial charge in [-0.2, -0.15) is 0 Å². The fourth-order valence-corrected chi connectivity index (χ4v) is 1.66. The fraction of sp³-hybridized carbons (Fsp3) is 0.385. The van der Waals surface area contributed by atoms with Crippen molar-refractivity contribution in [2.45, 2.75) is 32.4 Å². The number of carboxylic acid groups (broad SMARTS) is 1. The van der Waals surface area contributed by atoms with Crippen LogP contribution in [0.3, 0.4) is 0 Å². The largest absolute Gasteiger partial charge is 0.481 e. The second kappa shape index (κ2) is 7.13. The molecule has 0 spiro atoms. The van der Waals surface area contributed by atoms with Crippen LogP contribution in [0.4, 0.5) is 0 Å². The lowest BCUT2D eigenvalue weighted by molar-refractivity contribution is -0.143. The van der Waals surface area contributed by atoms with Gasteiger partial charge in [0, 0.05) is 4.47 Å². The highest BCUT2D eigenvalue weighted by Gasteiger charge is 2.22. The molecule has 2 N–H and O–H groups in total. The van der Waals surface area contributed by atoms with Crippen LogP contribution in [0.15, 0.2) is 28.7 Å². The van der Waals surface area contributed by atoms with Crippen molar-refractivity contribution in [3.63, 3.8) is 0 Å². The number of hydrogen-bond acceptors (Lipinski definition) is 3. The number of carbonyl (C=O) groups is 2. The quantitative estimate of drug-likeness (QED) is 0.838. The minimum absolute atomic E-state index is 0.325. The molecule has 6 heteroatoms. The van der Waals surface area contributed by atoms with E-state index in [0.717, 1.165) is 4.47 Å². The molecule has 2 atom stereocenters. The maximum absolute atomic E-state index is 11.8. The Morgan fingerprint density at radius 2 is 1.95 bits per heavy atom. The van der Waals surface area contributed by atoms with E-state index in [4.69, 9.17) is 9.84 Å². The van der Waals surface area contributed by atoms with Gasteiger partial charge in [0.1, 0.15) is 11.8 Å². The molecule has 0 heterocycles. The molecule has 104 valence electrons. The van der Waals surface area contributed by atoms with Crippen molar-refractivity contribution in [3.8, 4) is 5.75 Å². The smallest absolute Gasteiger partial charge is 0.326 e. The lowest BCUT2D eigenvalue weighted by Gasteiger charge is -2.17. The molecule has 0 aliphatic heterocycles. The van der Waals surface area contributed by atoms with E-state index in [1.165, 1.54) is 0 Å². The van der Waals surface area contributed by atoms with Gasteiger partial charge >= 0.3 is 5.97 Å². The molecule has 0 radical (unpaired) electrons. The highest BCUT2D eigenvalue weighted by atomic mass is 79.9. The fourth-order valence-electron chi connectivity index (χ4n) is 1.40. The topological polar surface area (TPSA) is 75.6 Å². The van der Waals surface area contributed by atoms with E-state index in [0.29, 0.717) is 12.2 Å². The molecule has 0 aliphatic rings. The number of benzene rings is 1. The first-order chi connectivity index (χ1) is 8.93. The summed E-state index contributed by atoms with van der Waals surface area (Å²) in [4.78, 5) is 22.6. The first-order valence-electron chi connectivity index (χ1n) is 5.89. The Bertz CT molecular complexity index is 446. The Kier molecular flexibility index (Phi) is 5.82. The number of carboxylic acids is 1. The SMILES string of the molecule is CC[C@H](NC(=O)C(C)Oc1ccc(Br)cc1)C(=O)O. The van der Waals surface area contributed by atoms with E-state index in [1.54, 1.807) is 38.1 Å². The summed E-state index contributed by atoms with van der Waals surface area (Å²) < 4.78 is 6.34. The van der Waals surface area contributed by atoms with Crippen LogP contribution in [-0.4, -0.2) is 29.1 Å². The molecular formula is C13H16BrNO4. The predicted octanol–water partition coefficient (Wildman–Crippen LogP) is 2.20. The van der Waals surface area contributed by atoms with Crippen LogP contribution in [0.25, 0.3) is 0 Å². The van der Waals surface area contributed by atoms with Crippen molar-refractivity contribution in [2.75, 3.05) is 0 Å². The molecular weight excluding hydrogens is 314 g/mol. The summed E-state index contributed by atoms with van der Waals surface area (Å²) in [5.41, 5.74) is 0. The van der Waals surface area contributed by atoms with Crippen molar-refractivity contribution in [3.05, 3.63) is 28.7 Å². The van der Waals surface area contributed by atoms with Crippen molar-refractivity contribution < 1.29 is 19.4 Å². The van der Waals surface area contributed by atoms with E-state index in [2.05, 4.69) is 21.2 Å². The van der Waals surface area contributed by atoms with Crippen LogP contribution in [-0.2, 0) is 9.59 Å². The molecule has 0 fully saturated rings. The number of halogens is 1. The van der Waals surface area contributed by atoms with Gasteiger partial charge < -0.3 is 15.2 Å². The minimum Gasteiger partial charge on any atom is -0.481 e. The third-order valence-corrected chi connectivity index (χ3v) is 3.05. The van der Waals surface area contributed by atoms with Crippen LogP contribution in [0, 0.1) is 0 Å². The highest BCUT2D eigenvalue weighted by Crippen LogP contribution is 2.17. The number of rotatable bonds is 6. The molecule has 0 aromatic heterocycles. The third-order valence-electron chi connectivity index (χ3n) is 2.52. The van der Waals surface area contributed by atoms with Crippen molar-refractivity contribution in [2.24, 2.45) is 0 Å². The third kappa shape index (κ3) is 4.90. The molecule has 0 saturated heterocycles. The molecule has 1 aromatic rings. The van der Waals surface area contributed by atoms with Gasteiger partial charge in [-0.1, -0.05) is 22.9 Å². The number of aliphatic carboxylic acids is 1. The molecule has 1 unspecified atom stereocenters. The normalized spacial score (nSPS) is 13.4. The second-order valence-electron chi connectivity index (χ2n) is 4.02. The maximum atomic E-state index is 11.8. The minimum atomic E-state index is -1.05. The Hall–Kier alpha value is -1.56. The van der Waals surface area contributed by atoms with Crippen molar-refractivity contribution in [1.82, 2.24) is 5.32 Å². The highest BCUT2D eigenvalue weighted by molar-refractivity contribution is 9.10. The molecule has 1 amide bonds. The molecule has 19 heavy (non-hydrogen) atoms. The second-order valence-corrected chi connectivity index (χ2v) is 4.94. The van der Waals surface area contributed by atoms with Crippen LogP contribution in [0.1, 0.15) is 20.3 Å². The van der Waals surface area contributed by atoms with Crippen LogP contribution >= 0.6 is 15.9 Å².